The average Bonchev–Trinajstić information content (AvgIpc) is 2.25. The number of carbonyl (C=O) groups excluding carboxylic acids is 1. The predicted molar refractivity (Wildman–Crippen MR) is 71.1 cm³/mol. The molecular weight excluding hydrogens is 232 g/mol. The number of carboxylic acid groups (broad SMARTS) is 1. The van der Waals surface area contributed by atoms with Crippen molar-refractivity contribution in [3.05, 3.63) is 0 Å². The second kappa shape index (κ2) is 8.91. The van der Waals surface area contributed by atoms with Crippen molar-refractivity contribution in [2.75, 3.05) is 6.54 Å². The van der Waals surface area contributed by atoms with Crippen molar-refractivity contribution in [1.29, 1.82) is 0 Å². The van der Waals surface area contributed by atoms with E-state index in [0.29, 0.717) is 25.3 Å². The van der Waals surface area contributed by atoms with E-state index in [9.17, 15) is 9.59 Å². The molecule has 1 unspecified atom stereocenters. The molecule has 0 aliphatic carbocycles. The molecule has 0 fully saturated rings. The van der Waals surface area contributed by atoms with E-state index in [2.05, 4.69) is 19.2 Å². The lowest BCUT2D eigenvalue weighted by molar-refractivity contribution is -0.137. The lowest BCUT2D eigenvalue weighted by atomic mass is 9.94. The van der Waals surface area contributed by atoms with Crippen LogP contribution in [0, 0.1) is 11.8 Å². The molecular formula is C13H26N2O3. The molecule has 0 aliphatic heterocycles. The Morgan fingerprint density at radius 1 is 1.28 bits per heavy atom. The quantitative estimate of drug-likeness (QED) is 0.582. The number of nitrogens with two attached hydrogens (primary N) is 1. The fourth-order valence-corrected chi connectivity index (χ4v) is 1.99. The van der Waals surface area contributed by atoms with Crippen molar-refractivity contribution in [3.63, 3.8) is 0 Å². The molecule has 0 bridgehead atoms. The van der Waals surface area contributed by atoms with Crippen molar-refractivity contribution in [1.82, 2.24) is 5.32 Å². The van der Waals surface area contributed by atoms with Gasteiger partial charge in [0.15, 0.2) is 0 Å². The fourth-order valence-electron chi connectivity index (χ4n) is 1.99. The second-order valence-corrected chi connectivity index (χ2v) is 5.21. The first-order valence-corrected chi connectivity index (χ1v) is 6.60. The van der Waals surface area contributed by atoms with Gasteiger partial charge in [-0.05, 0) is 31.2 Å². The van der Waals surface area contributed by atoms with Crippen LogP contribution in [0.1, 0.15) is 46.5 Å². The van der Waals surface area contributed by atoms with Crippen LogP contribution in [-0.4, -0.2) is 29.6 Å². The number of hydrogen-bond donors (Lipinski definition) is 3. The van der Waals surface area contributed by atoms with Crippen LogP contribution in [0.15, 0.2) is 0 Å². The summed E-state index contributed by atoms with van der Waals surface area (Å²) in [6.07, 6.45) is 1.89. The molecule has 4 N–H and O–H groups in total. The molecule has 0 saturated heterocycles. The van der Waals surface area contributed by atoms with Gasteiger partial charge in [0, 0.05) is 12.5 Å². The molecule has 2 atom stereocenters. The number of hydrogen-bond acceptors (Lipinski definition) is 3. The molecule has 0 aliphatic rings. The van der Waals surface area contributed by atoms with Crippen LogP contribution in [-0.2, 0) is 9.59 Å². The van der Waals surface area contributed by atoms with Gasteiger partial charge in [-0.1, -0.05) is 20.8 Å². The lowest BCUT2D eigenvalue weighted by Crippen LogP contribution is -2.37. The smallest absolute Gasteiger partial charge is 0.305 e. The SMILES string of the molecule is CCC(CC(=O)O)NC(=O)C[C@@H](CN)CC(C)C. The van der Waals surface area contributed by atoms with E-state index in [-0.39, 0.29) is 24.3 Å². The van der Waals surface area contributed by atoms with E-state index in [0.717, 1.165) is 6.42 Å². The molecule has 5 heteroatoms. The van der Waals surface area contributed by atoms with Crippen LogP contribution in [0.2, 0.25) is 0 Å². The Balaban J connectivity index is 4.17. The molecule has 0 aromatic carbocycles. The van der Waals surface area contributed by atoms with Crippen LogP contribution in [0.25, 0.3) is 0 Å². The Morgan fingerprint density at radius 3 is 2.28 bits per heavy atom. The van der Waals surface area contributed by atoms with Gasteiger partial charge < -0.3 is 16.2 Å². The van der Waals surface area contributed by atoms with Crippen LogP contribution in [0.3, 0.4) is 0 Å². The monoisotopic (exact) mass is 258 g/mol. The zero-order valence-corrected chi connectivity index (χ0v) is 11.6. The minimum Gasteiger partial charge on any atom is -0.481 e. The van der Waals surface area contributed by atoms with Gasteiger partial charge in [0.25, 0.3) is 0 Å². The Kier molecular flexibility index (Phi) is 8.37. The summed E-state index contributed by atoms with van der Waals surface area (Å²) in [6, 6.07) is -0.285. The molecule has 18 heavy (non-hydrogen) atoms. The summed E-state index contributed by atoms with van der Waals surface area (Å²) in [6.45, 7) is 6.55. The number of carboxylic acids is 1. The summed E-state index contributed by atoms with van der Waals surface area (Å²) in [5, 5.41) is 11.5. The molecule has 0 aromatic heterocycles. The summed E-state index contributed by atoms with van der Waals surface area (Å²) >= 11 is 0. The lowest BCUT2D eigenvalue weighted by Gasteiger charge is -2.19. The van der Waals surface area contributed by atoms with E-state index in [1.807, 2.05) is 6.92 Å². The molecule has 0 heterocycles. The summed E-state index contributed by atoms with van der Waals surface area (Å²) < 4.78 is 0. The highest BCUT2D eigenvalue weighted by Crippen LogP contribution is 2.14. The number of rotatable bonds is 9. The topological polar surface area (TPSA) is 92.4 Å². The molecule has 0 spiro atoms. The standard InChI is InChI=1S/C13H26N2O3/c1-4-11(7-13(17)18)15-12(16)6-10(8-14)5-9(2)3/h9-11H,4-8,14H2,1-3H3,(H,15,16)(H,17,18)/t10-,11?/m0/s1. The van der Waals surface area contributed by atoms with E-state index >= 15 is 0 Å². The molecule has 0 radical (unpaired) electrons. The summed E-state index contributed by atoms with van der Waals surface area (Å²) in [5.41, 5.74) is 5.64. The van der Waals surface area contributed by atoms with Gasteiger partial charge >= 0.3 is 5.97 Å². The largest absolute Gasteiger partial charge is 0.481 e. The fraction of sp³-hybridized carbons (Fsp3) is 0.846. The third-order valence-corrected chi connectivity index (χ3v) is 2.89. The van der Waals surface area contributed by atoms with Gasteiger partial charge in [0.1, 0.15) is 0 Å². The normalized spacial score (nSPS) is 14.3. The summed E-state index contributed by atoms with van der Waals surface area (Å²) in [4.78, 5) is 22.4. The van der Waals surface area contributed by atoms with Crippen molar-refractivity contribution in [2.45, 2.75) is 52.5 Å². The minimum atomic E-state index is -0.889. The maximum atomic E-state index is 11.8. The number of amides is 1. The predicted octanol–water partition coefficient (Wildman–Crippen LogP) is 1.37. The Labute approximate surface area is 109 Å². The second-order valence-electron chi connectivity index (χ2n) is 5.21. The van der Waals surface area contributed by atoms with E-state index in [4.69, 9.17) is 10.8 Å². The van der Waals surface area contributed by atoms with Crippen molar-refractivity contribution >= 4 is 11.9 Å². The van der Waals surface area contributed by atoms with Gasteiger partial charge in [0.05, 0.1) is 6.42 Å². The van der Waals surface area contributed by atoms with Gasteiger partial charge in [0.2, 0.25) is 5.91 Å². The Morgan fingerprint density at radius 2 is 1.89 bits per heavy atom. The van der Waals surface area contributed by atoms with Gasteiger partial charge in [-0.2, -0.15) is 0 Å². The third-order valence-electron chi connectivity index (χ3n) is 2.89. The molecule has 5 nitrogen and oxygen atoms in total. The van der Waals surface area contributed by atoms with Crippen LogP contribution in [0.5, 0.6) is 0 Å². The maximum absolute atomic E-state index is 11.8. The first-order chi connectivity index (χ1) is 8.38. The average molecular weight is 258 g/mol. The molecule has 0 rings (SSSR count). The van der Waals surface area contributed by atoms with E-state index in [1.165, 1.54) is 0 Å². The highest BCUT2D eigenvalue weighted by molar-refractivity contribution is 5.77. The van der Waals surface area contributed by atoms with Gasteiger partial charge in [-0.25, -0.2) is 0 Å². The van der Waals surface area contributed by atoms with Gasteiger partial charge in [-0.15, -0.1) is 0 Å². The minimum absolute atomic E-state index is 0.0281. The number of carbonyl (C=O) groups is 2. The van der Waals surface area contributed by atoms with Gasteiger partial charge in [-0.3, -0.25) is 9.59 Å². The molecule has 1 amide bonds. The Hall–Kier alpha value is -1.10. The van der Waals surface area contributed by atoms with E-state index < -0.39 is 5.97 Å². The summed E-state index contributed by atoms with van der Waals surface area (Å²) in [5.74, 6) is -0.307. The third kappa shape index (κ3) is 8.06. The number of nitrogens with one attached hydrogen (secondary N) is 1. The summed E-state index contributed by atoms with van der Waals surface area (Å²) in [7, 11) is 0. The van der Waals surface area contributed by atoms with Crippen molar-refractivity contribution in [3.8, 4) is 0 Å². The first kappa shape index (κ1) is 16.9. The van der Waals surface area contributed by atoms with Crippen molar-refractivity contribution < 1.29 is 14.7 Å². The first-order valence-electron chi connectivity index (χ1n) is 6.60. The molecule has 0 aromatic rings. The zero-order chi connectivity index (χ0) is 14.1. The highest BCUT2D eigenvalue weighted by atomic mass is 16.4. The van der Waals surface area contributed by atoms with Crippen LogP contribution < -0.4 is 11.1 Å². The molecule has 106 valence electrons. The molecule has 0 saturated carbocycles. The van der Waals surface area contributed by atoms with Crippen LogP contribution in [0.4, 0.5) is 0 Å². The Bertz CT molecular complexity index is 267. The number of aliphatic carboxylic acids is 1. The highest BCUT2D eigenvalue weighted by Gasteiger charge is 2.18. The van der Waals surface area contributed by atoms with Crippen LogP contribution >= 0.6 is 0 Å². The van der Waals surface area contributed by atoms with Crippen molar-refractivity contribution in [2.24, 2.45) is 17.6 Å². The zero-order valence-electron chi connectivity index (χ0n) is 11.6. The maximum Gasteiger partial charge on any atom is 0.305 e. The van der Waals surface area contributed by atoms with E-state index in [1.54, 1.807) is 0 Å².